The van der Waals surface area contributed by atoms with Gasteiger partial charge in [-0.25, -0.2) is 0 Å². The van der Waals surface area contributed by atoms with E-state index in [-0.39, 0.29) is 0 Å². The molecule has 2 heterocycles. The number of hydrogen-bond acceptors (Lipinski definition) is 3. The third-order valence-electron chi connectivity index (χ3n) is 6.48. The number of rotatable bonds is 6. The number of piperidine rings is 1. The largest absolute Gasteiger partial charge is 0.310 e. The number of nitrogens with one attached hydrogen (secondary N) is 1. The van der Waals surface area contributed by atoms with E-state index in [0.717, 1.165) is 31.9 Å². The summed E-state index contributed by atoms with van der Waals surface area (Å²) in [5, 5.41) is 3.73. The van der Waals surface area contributed by atoms with Gasteiger partial charge < -0.3 is 5.32 Å². The van der Waals surface area contributed by atoms with Crippen LogP contribution in [0.25, 0.3) is 11.3 Å². The van der Waals surface area contributed by atoms with E-state index in [1.54, 1.807) is 0 Å². The summed E-state index contributed by atoms with van der Waals surface area (Å²) in [6, 6.07) is 20.3. The third kappa shape index (κ3) is 5.16. The Morgan fingerprint density at radius 2 is 1.60 bits per heavy atom. The molecule has 2 aromatic carbocycles. The van der Waals surface area contributed by atoms with Crippen LogP contribution in [0.4, 0.5) is 0 Å². The second-order valence-corrected chi connectivity index (χ2v) is 8.70. The van der Waals surface area contributed by atoms with Crippen LogP contribution < -0.4 is 5.32 Å². The molecule has 3 nitrogen and oxygen atoms in total. The molecule has 1 aliphatic heterocycles. The molecular weight excluding hydrogens is 366 g/mol. The van der Waals surface area contributed by atoms with Crippen LogP contribution in [0, 0.1) is 20.8 Å². The topological polar surface area (TPSA) is 28.2 Å². The first-order valence-corrected chi connectivity index (χ1v) is 11.1. The molecule has 0 atom stereocenters. The molecule has 3 heteroatoms. The van der Waals surface area contributed by atoms with Gasteiger partial charge in [-0.15, -0.1) is 0 Å². The van der Waals surface area contributed by atoms with Gasteiger partial charge in [0.2, 0.25) is 0 Å². The van der Waals surface area contributed by atoms with Gasteiger partial charge in [-0.05, 0) is 98.8 Å². The molecule has 0 aliphatic carbocycles. The van der Waals surface area contributed by atoms with E-state index in [1.807, 2.05) is 6.20 Å². The molecule has 0 saturated carbocycles. The Balaban J connectivity index is 1.33. The second-order valence-electron chi connectivity index (χ2n) is 8.70. The normalized spacial score (nSPS) is 15.4. The highest BCUT2D eigenvalue weighted by Gasteiger charge is 2.19. The van der Waals surface area contributed by atoms with E-state index in [1.165, 1.54) is 46.2 Å². The lowest BCUT2D eigenvalue weighted by Gasteiger charge is -2.32. The maximum atomic E-state index is 4.65. The predicted molar refractivity (Wildman–Crippen MR) is 125 cm³/mol. The average molecular weight is 400 g/mol. The van der Waals surface area contributed by atoms with Crippen molar-refractivity contribution in [1.82, 2.24) is 15.2 Å². The number of pyridine rings is 1. The van der Waals surface area contributed by atoms with Crippen LogP contribution in [0.5, 0.6) is 0 Å². The van der Waals surface area contributed by atoms with Crippen molar-refractivity contribution in [3.8, 4) is 11.3 Å². The third-order valence-corrected chi connectivity index (χ3v) is 6.48. The fourth-order valence-corrected chi connectivity index (χ4v) is 4.33. The number of hydrogen-bond donors (Lipinski definition) is 1. The van der Waals surface area contributed by atoms with Crippen LogP contribution in [-0.2, 0) is 13.1 Å². The highest BCUT2D eigenvalue weighted by Crippen LogP contribution is 2.25. The Morgan fingerprint density at radius 1 is 0.900 bits per heavy atom. The number of nitrogens with zero attached hydrogens (tertiary/aromatic N) is 2. The van der Waals surface area contributed by atoms with Gasteiger partial charge in [0.15, 0.2) is 0 Å². The van der Waals surface area contributed by atoms with Crippen molar-refractivity contribution < 1.29 is 0 Å². The van der Waals surface area contributed by atoms with Gasteiger partial charge in [-0.1, -0.05) is 30.3 Å². The van der Waals surface area contributed by atoms with Crippen molar-refractivity contribution in [2.75, 3.05) is 13.1 Å². The summed E-state index contributed by atoms with van der Waals surface area (Å²) in [6.07, 6.45) is 4.38. The van der Waals surface area contributed by atoms with Gasteiger partial charge in [-0.3, -0.25) is 9.88 Å². The van der Waals surface area contributed by atoms with Gasteiger partial charge in [0.25, 0.3) is 0 Å². The molecule has 0 spiro atoms. The lowest BCUT2D eigenvalue weighted by atomic mass is 9.98. The average Bonchev–Trinajstić information content (AvgIpc) is 2.77. The second kappa shape index (κ2) is 9.55. The molecule has 0 bridgehead atoms. The smallest absolute Gasteiger partial charge is 0.0705 e. The summed E-state index contributed by atoms with van der Waals surface area (Å²) in [6.45, 7) is 10.8. The maximum Gasteiger partial charge on any atom is 0.0705 e. The van der Waals surface area contributed by atoms with Gasteiger partial charge in [-0.2, -0.15) is 0 Å². The van der Waals surface area contributed by atoms with Crippen molar-refractivity contribution in [2.24, 2.45) is 0 Å². The zero-order valence-corrected chi connectivity index (χ0v) is 18.5. The molecule has 3 aromatic rings. The Labute approximate surface area is 181 Å². The van der Waals surface area contributed by atoms with Crippen LogP contribution in [0.15, 0.2) is 60.8 Å². The van der Waals surface area contributed by atoms with Gasteiger partial charge >= 0.3 is 0 Å². The Morgan fingerprint density at radius 3 is 2.30 bits per heavy atom. The van der Waals surface area contributed by atoms with Crippen LogP contribution in [-0.4, -0.2) is 29.0 Å². The zero-order valence-electron chi connectivity index (χ0n) is 18.5. The fourth-order valence-electron chi connectivity index (χ4n) is 4.33. The van der Waals surface area contributed by atoms with Gasteiger partial charge in [0, 0.05) is 30.9 Å². The summed E-state index contributed by atoms with van der Waals surface area (Å²) in [7, 11) is 0. The van der Waals surface area contributed by atoms with E-state index in [0.29, 0.717) is 6.04 Å². The van der Waals surface area contributed by atoms with Gasteiger partial charge in [0.05, 0.1) is 5.69 Å². The van der Waals surface area contributed by atoms with Crippen LogP contribution in [0.3, 0.4) is 0 Å². The standard InChI is InChI=1S/C27H33N3/c1-20-15-25(16-21(2)22(20)3)27-17-24(9-12-28-27)19-30-13-10-26(11-14-30)29-18-23-7-5-4-6-8-23/h4-9,12,15-17,26,29H,10-11,13-14,18-19H2,1-3H3. The minimum atomic E-state index is 0.618. The van der Waals surface area contributed by atoms with E-state index < -0.39 is 0 Å². The highest BCUT2D eigenvalue weighted by atomic mass is 15.1. The summed E-state index contributed by atoms with van der Waals surface area (Å²) < 4.78 is 0. The van der Waals surface area contributed by atoms with Crippen molar-refractivity contribution in [2.45, 2.75) is 52.7 Å². The molecule has 0 amide bonds. The lowest BCUT2D eigenvalue weighted by Crippen LogP contribution is -2.41. The van der Waals surface area contributed by atoms with Crippen molar-refractivity contribution >= 4 is 0 Å². The summed E-state index contributed by atoms with van der Waals surface area (Å²) in [5.74, 6) is 0. The number of aromatic nitrogens is 1. The molecule has 1 N–H and O–H groups in total. The summed E-state index contributed by atoms with van der Waals surface area (Å²) in [5.41, 5.74) is 9.07. The zero-order chi connectivity index (χ0) is 20.9. The number of benzene rings is 2. The van der Waals surface area contributed by atoms with Gasteiger partial charge in [0.1, 0.15) is 0 Å². The SMILES string of the molecule is Cc1cc(-c2cc(CN3CCC(NCc4ccccc4)CC3)ccn2)cc(C)c1C. The Kier molecular flexibility index (Phi) is 6.61. The molecule has 0 unspecified atom stereocenters. The Hall–Kier alpha value is -2.49. The van der Waals surface area contributed by atoms with E-state index in [2.05, 4.69) is 90.6 Å². The number of aryl methyl sites for hydroxylation is 2. The molecule has 156 valence electrons. The lowest BCUT2D eigenvalue weighted by molar-refractivity contribution is 0.190. The quantitative estimate of drug-likeness (QED) is 0.599. The van der Waals surface area contributed by atoms with Crippen LogP contribution in [0.2, 0.25) is 0 Å². The first kappa shape index (κ1) is 20.8. The molecule has 4 rings (SSSR count). The van der Waals surface area contributed by atoms with E-state index in [4.69, 9.17) is 0 Å². The minimum absolute atomic E-state index is 0.618. The molecule has 1 aliphatic rings. The molecular formula is C27H33N3. The minimum Gasteiger partial charge on any atom is -0.310 e. The Bertz CT molecular complexity index is 949. The fraction of sp³-hybridized carbons (Fsp3) is 0.370. The van der Waals surface area contributed by atoms with Crippen LogP contribution >= 0.6 is 0 Å². The van der Waals surface area contributed by atoms with Crippen molar-refractivity contribution in [3.63, 3.8) is 0 Å². The van der Waals surface area contributed by atoms with Crippen molar-refractivity contribution in [1.29, 1.82) is 0 Å². The molecule has 1 fully saturated rings. The maximum absolute atomic E-state index is 4.65. The predicted octanol–water partition coefficient (Wildman–Crippen LogP) is 5.43. The molecule has 30 heavy (non-hydrogen) atoms. The van der Waals surface area contributed by atoms with E-state index >= 15 is 0 Å². The molecule has 1 aromatic heterocycles. The first-order valence-electron chi connectivity index (χ1n) is 11.1. The van der Waals surface area contributed by atoms with Crippen molar-refractivity contribution in [3.05, 3.63) is 88.6 Å². The van der Waals surface area contributed by atoms with E-state index in [9.17, 15) is 0 Å². The van der Waals surface area contributed by atoms with Crippen LogP contribution in [0.1, 0.15) is 40.7 Å². The first-order chi connectivity index (χ1) is 14.6. The molecule has 1 saturated heterocycles. The highest BCUT2D eigenvalue weighted by molar-refractivity contribution is 5.63. The summed E-state index contributed by atoms with van der Waals surface area (Å²) in [4.78, 5) is 7.23. The monoisotopic (exact) mass is 399 g/mol. The molecule has 0 radical (unpaired) electrons. The summed E-state index contributed by atoms with van der Waals surface area (Å²) >= 11 is 0. The number of likely N-dealkylation sites (tertiary alicyclic amines) is 1.